The summed E-state index contributed by atoms with van der Waals surface area (Å²) in [7, 11) is -3.36. The van der Waals surface area contributed by atoms with Crippen molar-refractivity contribution in [3.05, 3.63) is 45.4 Å². The van der Waals surface area contributed by atoms with Crippen molar-refractivity contribution in [2.24, 2.45) is 17.8 Å². The highest BCUT2D eigenvalue weighted by Gasteiger charge is 2.44. The molecule has 2 aliphatic rings. The molecule has 2 aromatic rings. The molecule has 12 heteroatoms. The molecule has 1 aliphatic carbocycles. The molecule has 0 bridgehead atoms. The Kier molecular flexibility index (Phi) is 8.23. The Morgan fingerprint density at radius 3 is 2.45 bits per heavy atom. The zero-order chi connectivity index (χ0) is 27.8. The standard InChI is InChI=1S/C26H32F3N3O4S2/c1-4-38(35,36)19-10-9-18(30-13-19)12-31-24(33)21-11-20-23(37-21)22(15(2)3)32(25(20)34)14-16-5-7-17(8-6-16)26(27,28)29/h9-11,13,15-17,22H,4-8,12,14H2,1-3H3,(H,31,33). The van der Waals surface area contributed by atoms with E-state index in [0.29, 0.717) is 35.5 Å². The fourth-order valence-electron chi connectivity index (χ4n) is 5.26. The molecule has 2 amide bonds. The van der Waals surface area contributed by atoms with E-state index >= 15 is 0 Å². The first-order chi connectivity index (χ1) is 17.8. The van der Waals surface area contributed by atoms with Crippen LogP contribution in [0, 0.1) is 17.8 Å². The number of fused-ring (bicyclic) bond motifs is 1. The number of rotatable bonds is 8. The van der Waals surface area contributed by atoms with E-state index in [1.54, 1.807) is 24.0 Å². The van der Waals surface area contributed by atoms with E-state index in [9.17, 15) is 31.2 Å². The molecule has 38 heavy (non-hydrogen) atoms. The van der Waals surface area contributed by atoms with Crippen molar-refractivity contribution in [1.29, 1.82) is 0 Å². The van der Waals surface area contributed by atoms with Crippen LogP contribution in [-0.2, 0) is 16.4 Å². The van der Waals surface area contributed by atoms with Gasteiger partial charge in [-0.25, -0.2) is 8.42 Å². The Labute approximate surface area is 224 Å². The summed E-state index contributed by atoms with van der Waals surface area (Å²) in [5.41, 5.74) is 0.982. The van der Waals surface area contributed by atoms with Crippen molar-refractivity contribution in [3.8, 4) is 0 Å². The Balaban J connectivity index is 1.40. The smallest absolute Gasteiger partial charge is 0.346 e. The number of sulfone groups is 1. The number of pyridine rings is 1. The topological polar surface area (TPSA) is 96.4 Å². The largest absolute Gasteiger partial charge is 0.391 e. The van der Waals surface area contributed by atoms with Crippen LogP contribution in [0.5, 0.6) is 0 Å². The third-order valence-electron chi connectivity index (χ3n) is 7.44. The lowest BCUT2D eigenvalue weighted by molar-refractivity contribution is -0.184. The number of carbonyl (C=O) groups is 2. The summed E-state index contributed by atoms with van der Waals surface area (Å²) in [4.78, 5) is 33.4. The van der Waals surface area contributed by atoms with E-state index in [1.165, 1.54) is 23.6 Å². The third kappa shape index (κ3) is 5.90. The first kappa shape index (κ1) is 28.5. The molecule has 1 fully saturated rings. The number of nitrogens with one attached hydrogen (secondary N) is 1. The predicted octanol–water partition coefficient (Wildman–Crippen LogP) is 5.39. The number of amides is 2. The average molecular weight is 572 g/mol. The zero-order valence-electron chi connectivity index (χ0n) is 21.5. The maximum Gasteiger partial charge on any atom is 0.391 e. The van der Waals surface area contributed by atoms with Crippen LogP contribution in [0.1, 0.15) is 83.1 Å². The number of alkyl halides is 3. The van der Waals surface area contributed by atoms with Gasteiger partial charge < -0.3 is 10.2 Å². The lowest BCUT2D eigenvalue weighted by atomic mass is 9.81. The van der Waals surface area contributed by atoms with Gasteiger partial charge in [0.25, 0.3) is 11.8 Å². The second-order valence-corrected chi connectivity index (χ2v) is 13.7. The summed E-state index contributed by atoms with van der Waals surface area (Å²) in [5.74, 6) is -1.72. The van der Waals surface area contributed by atoms with Crippen LogP contribution in [0.3, 0.4) is 0 Å². The minimum Gasteiger partial charge on any atom is -0.346 e. The van der Waals surface area contributed by atoms with E-state index in [4.69, 9.17) is 0 Å². The van der Waals surface area contributed by atoms with E-state index in [1.807, 2.05) is 13.8 Å². The molecular formula is C26H32F3N3O4S2. The second-order valence-electron chi connectivity index (χ2n) is 10.4. The first-order valence-corrected chi connectivity index (χ1v) is 15.3. The highest BCUT2D eigenvalue weighted by molar-refractivity contribution is 7.91. The van der Waals surface area contributed by atoms with Crippen LogP contribution in [-0.4, -0.2) is 48.6 Å². The van der Waals surface area contributed by atoms with Gasteiger partial charge in [-0.15, -0.1) is 11.3 Å². The van der Waals surface area contributed by atoms with Gasteiger partial charge in [0.15, 0.2) is 9.84 Å². The van der Waals surface area contributed by atoms with Gasteiger partial charge in [0.05, 0.1) is 45.3 Å². The Hall–Kier alpha value is -2.47. The summed E-state index contributed by atoms with van der Waals surface area (Å²) in [6.07, 6.45) is -1.80. The van der Waals surface area contributed by atoms with E-state index in [0.717, 1.165) is 4.88 Å². The van der Waals surface area contributed by atoms with Crippen LogP contribution in [0.4, 0.5) is 13.2 Å². The Morgan fingerprint density at radius 2 is 1.89 bits per heavy atom. The fraction of sp³-hybridized carbons (Fsp3) is 0.577. The van der Waals surface area contributed by atoms with Gasteiger partial charge >= 0.3 is 6.18 Å². The van der Waals surface area contributed by atoms with Crippen LogP contribution < -0.4 is 5.32 Å². The first-order valence-electron chi connectivity index (χ1n) is 12.8. The van der Waals surface area contributed by atoms with E-state index < -0.39 is 21.9 Å². The van der Waals surface area contributed by atoms with Crippen molar-refractivity contribution in [3.63, 3.8) is 0 Å². The minimum absolute atomic E-state index is 0.0273. The molecule has 0 aromatic carbocycles. The summed E-state index contributed by atoms with van der Waals surface area (Å²) in [6.45, 7) is 6.06. The molecule has 3 heterocycles. The molecule has 208 valence electrons. The fourth-order valence-corrected chi connectivity index (χ4v) is 7.44. The summed E-state index contributed by atoms with van der Waals surface area (Å²) in [6, 6.07) is 4.38. The molecule has 0 spiro atoms. The molecular weight excluding hydrogens is 539 g/mol. The molecule has 0 radical (unpaired) electrons. The number of aromatic nitrogens is 1. The molecule has 1 atom stereocenters. The Morgan fingerprint density at radius 1 is 1.21 bits per heavy atom. The third-order valence-corrected chi connectivity index (χ3v) is 10.4. The summed E-state index contributed by atoms with van der Waals surface area (Å²) >= 11 is 1.26. The molecule has 1 saturated carbocycles. The molecule has 1 aliphatic heterocycles. The molecule has 4 rings (SSSR count). The van der Waals surface area contributed by atoms with Crippen LogP contribution in [0.25, 0.3) is 0 Å². The molecule has 7 nitrogen and oxygen atoms in total. The van der Waals surface area contributed by atoms with Crippen molar-refractivity contribution < 1.29 is 31.2 Å². The lowest BCUT2D eigenvalue weighted by Crippen LogP contribution is -2.37. The van der Waals surface area contributed by atoms with Crippen molar-refractivity contribution in [1.82, 2.24) is 15.2 Å². The van der Waals surface area contributed by atoms with Gasteiger partial charge in [-0.1, -0.05) is 20.8 Å². The lowest BCUT2D eigenvalue weighted by Gasteiger charge is -2.35. The zero-order valence-corrected chi connectivity index (χ0v) is 23.2. The highest BCUT2D eigenvalue weighted by Crippen LogP contribution is 2.46. The monoisotopic (exact) mass is 571 g/mol. The summed E-state index contributed by atoms with van der Waals surface area (Å²) < 4.78 is 63.0. The maximum absolute atomic E-state index is 13.3. The van der Waals surface area contributed by atoms with Gasteiger partial charge in [0.2, 0.25) is 0 Å². The maximum atomic E-state index is 13.3. The molecule has 1 unspecified atom stereocenters. The number of hydrogen-bond donors (Lipinski definition) is 1. The van der Waals surface area contributed by atoms with Crippen molar-refractivity contribution in [2.75, 3.05) is 12.3 Å². The number of thiophene rings is 1. The number of nitrogens with zero attached hydrogens (tertiary/aromatic N) is 2. The quantitative estimate of drug-likeness (QED) is 0.459. The van der Waals surface area contributed by atoms with Gasteiger partial charge in [-0.05, 0) is 55.7 Å². The minimum atomic E-state index is -4.16. The normalized spacial score (nSPS) is 22.1. The molecule has 0 saturated heterocycles. The number of hydrogen-bond acceptors (Lipinski definition) is 6. The molecule has 2 aromatic heterocycles. The van der Waals surface area contributed by atoms with Crippen molar-refractivity contribution >= 4 is 33.0 Å². The SMILES string of the molecule is CCS(=O)(=O)c1ccc(CNC(=O)c2cc3c(s2)C(C(C)C)N(CC2CCC(C(F)(F)F)CC2)C3=O)nc1. The summed E-state index contributed by atoms with van der Waals surface area (Å²) in [5, 5.41) is 2.77. The number of halogens is 3. The van der Waals surface area contributed by atoms with Gasteiger partial charge in [-0.3, -0.25) is 14.6 Å². The molecule has 1 N–H and O–H groups in total. The second kappa shape index (κ2) is 11.0. The van der Waals surface area contributed by atoms with Crippen LogP contribution in [0.2, 0.25) is 0 Å². The Bertz CT molecular complexity index is 1280. The van der Waals surface area contributed by atoms with Gasteiger partial charge in [0.1, 0.15) is 0 Å². The average Bonchev–Trinajstić information content (AvgIpc) is 3.41. The highest BCUT2D eigenvalue weighted by atomic mass is 32.2. The van der Waals surface area contributed by atoms with Crippen LogP contribution in [0.15, 0.2) is 29.3 Å². The van der Waals surface area contributed by atoms with E-state index in [2.05, 4.69) is 10.3 Å². The van der Waals surface area contributed by atoms with Gasteiger partial charge in [0, 0.05) is 17.6 Å². The van der Waals surface area contributed by atoms with Gasteiger partial charge in [-0.2, -0.15) is 13.2 Å². The number of carbonyl (C=O) groups excluding carboxylic acids is 2. The van der Waals surface area contributed by atoms with Crippen molar-refractivity contribution in [2.45, 2.75) is 70.1 Å². The van der Waals surface area contributed by atoms with Crippen LogP contribution >= 0.6 is 11.3 Å². The predicted molar refractivity (Wildman–Crippen MR) is 138 cm³/mol. The van der Waals surface area contributed by atoms with E-state index in [-0.39, 0.29) is 59.7 Å².